The van der Waals surface area contributed by atoms with E-state index in [0.29, 0.717) is 24.6 Å². The molecule has 3 rings (SSSR count). The first-order chi connectivity index (χ1) is 12.4. The average molecular weight is 379 g/mol. The van der Waals surface area contributed by atoms with Gasteiger partial charge in [-0.25, -0.2) is 8.42 Å². The summed E-state index contributed by atoms with van der Waals surface area (Å²) in [6.07, 6.45) is 2.75. The zero-order valence-electron chi connectivity index (χ0n) is 15.0. The molecule has 0 atom stereocenters. The van der Waals surface area contributed by atoms with Gasteiger partial charge in [0.1, 0.15) is 0 Å². The number of amides is 2. The van der Waals surface area contributed by atoms with Gasteiger partial charge in [0.2, 0.25) is 16.4 Å². The van der Waals surface area contributed by atoms with Crippen LogP contribution in [-0.4, -0.2) is 74.1 Å². The first kappa shape index (κ1) is 18.8. The van der Waals surface area contributed by atoms with Crippen molar-refractivity contribution in [2.45, 2.75) is 24.7 Å². The fourth-order valence-corrected chi connectivity index (χ4v) is 4.78. The Balaban J connectivity index is 1.68. The second-order valence-corrected chi connectivity index (χ2v) is 8.98. The quantitative estimate of drug-likeness (QED) is 0.732. The third-order valence-corrected chi connectivity index (χ3v) is 7.15. The molecule has 2 aliphatic heterocycles. The molecule has 1 aromatic carbocycles. The van der Waals surface area contributed by atoms with E-state index in [2.05, 4.69) is 6.92 Å². The minimum Gasteiger partial charge on any atom is -0.343 e. The summed E-state index contributed by atoms with van der Waals surface area (Å²) >= 11 is 0. The lowest BCUT2D eigenvalue weighted by atomic mass is 9.98. The summed E-state index contributed by atoms with van der Waals surface area (Å²) in [4.78, 5) is 26.9. The van der Waals surface area contributed by atoms with Crippen molar-refractivity contribution in [3.05, 3.63) is 29.8 Å². The van der Waals surface area contributed by atoms with Gasteiger partial charge in [-0.2, -0.15) is 4.31 Å². The predicted octanol–water partition coefficient (Wildman–Crippen LogP) is 1.02. The topological polar surface area (TPSA) is 78.0 Å². The molecule has 2 amide bonds. The van der Waals surface area contributed by atoms with Crippen LogP contribution in [0.3, 0.4) is 0 Å². The molecule has 142 valence electrons. The Morgan fingerprint density at radius 2 is 1.58 bits per heavy atom. The molecular formula is C18H25N3O4S. The lowest BCUT2D eigenvalue weighted by Crippen LogP contribution is -2.47. The molecule has 0 saturated carbocycles. The van der Waals surface area contributed by atoms with Crippen LogP contribution in [0.25, 0.3) is 0 Å². The summed E-state index contributed by atoms with van der Waals surface area (Å²) in [7, 11) is -3.60. The predicted molar refractivity (Wildman–Crippen MR) is 97.1 cm³/mol. The number of carbonyl (C=O) groups excluding carboxylic acids is 2. The average Bonchev–Trinajstić information content (AvgIpc) is 2.68. The van der Waals surface area contributed by atoms with Crippen LogP contribution in [0, 0.1) is 5.92 Å². The standard InChI is InChI=1S/C18H25N3O4S/c1-15-6-8-20(9-7-15)18(23)16-2-4-17(5-3-16)26(24,25)21-12-10-19(14-22)11-13-21/h2-5,14-15H,6-13H2,1H3. The van der Waals surface area contributed by atoms with Gasteiger partial charge in [-0.05, 0) is 43.0 Å². The third-order valence-electron chi connectivity index (χ3n) is 5.23. The maximum atomic E-state index is 12.7. The van der Waals surface area contributed by atoms with E-state index in [1.807, 2.05) is 4.90 Å². The molecule has 2 heterocycles. The van der Waals surface area contributed by atoms with Gasteiger partial charge in [0.05, 0.1) is 4.90 Å². The van der Waals surface area contributed by atoms with E-state index in [0.717, 1.165) is 32.3 Å². The van der Waals surface area contributed by atoms with Crippen molar-refractivity contribution in [1.29, 1.82) is 0 Å². The smallest absolute Gasteiger partial charge is 0.253 e. The Kier molecular flexibility index (Phi) is 5.62. The molecule has 7 nitrogen and oxygen atoms in total. The number of benzene rings is 1. The zero-order chi connectivity index (χ0) is 18.7. The van der Waals surface area contributed by atoms with Crippen molar-refractivity contribution in [2.24, 2.45) is 5.92 Å². The monoisotopic (exact) mass is 379 g/mol. The van der Waals surface area contributed by atoms with Gasteiger partial charge in [0, 0.05) is 44.8 Å². The van der Waals surface area contributed by atoms with Gasteiger partial charge >= 0.3 is 0 Å². The lowest BCUT2D eigenvalue weighted by molar-refractivity contribution is -0.119. The van der Waals surface area contributed by atoms with Gasteiger partial charge < -0.3 is 9.80 Å². The summed E-state index contributed by atoms with van der Waals surface area (Å²) < 4.78 is 26.8. The van der Waals surface area contributed by atoms with Gasteiger partial charge in [-0.15, -0.1) is 0 Å². The van der Waals surface area contributed by atoms with E-state index in [-0.39, 0.29) is 23.9 Å². The first-order valence-electron chi connectivity index (χ1n) is 9.00. The first-order valence-corrected chi connectivity index (χ1v) is 10.4. The van der Waals surface area contributed by atoms with E-state index >= 15 is 0 Å². The molecule has 1 aromatic rings. The number of hydrogen-bond donors (Lipinski definition) is 0. The van der Waals surface area contributed by atoms with Crippen LogP contribution in [0.1, 0.15) is 30.1 Å². The Morgan fingerprint density at radius 3 is 2.12 bits per heavy atom. The fraction of sp³-hybridized carbons (Fsp3) is 0.556. The van der Waals surface area contributed by atoms with Crippen LogP contribution >= 0.6 is 0 Å². The van der Waals surface area contributed by atoms with Crippen LogP contribution in [-0.2, 0) is 14.8 Å². The van der Waals surface area contributed by atoms with E-state index in [1.54, 1.807) is 17.0 Å². The minimum absolute atomic E-state index is 0.0413. The molecule has 0 N–H and O–H groups in total. The number of sulfonamides is 1. The van der Waals surface area contributed by atoms with Crippen molar-refractivity contribution in [2.75, 3.05) is 39.3 Å². The molecule has 8 heteroatoms. The number of rotatable bonds is 4. The molecule has 2 aliphatic rings. The maximum absolute atomic E-state index is 12.7. The third kappa shape index (κ3) is 3.91. The molecule has 2 fully saturated rings. The Hall–Kier alpha value is -1.93. The molecule has 26 heavy (non-hydrogen) atoms. The summed E-state index contributed by atoms with van der Waals surface area (Å²) in [6, 6.07) is 6.19. The number of piperidine rings is 1. The van der Waals surface area contributed by atoms with Gasteiger partial charge in [-0.3, -0.25) is 9.59 Å². The number of likely N-dealkylation sites (tertiary alicyclic amines) is 1. The maximum Gasteiger partial charge on any atom is 0.253 e. The molecular weight excluding hydrogens is 354 g/mol. The zero-order valence-corrected chi connectivity index (χ0v) is 15.8. The van der Waals surface area contributed by atoms with Crippen LogP contribution in [0.15, 0.2) is 29.2 Å². The molecule has 0 radical (unpaired) electrons. The highest BCUT2D eigenvalue weighted by Crippen LogP contribution is 2.21. The van der Waals surface area contributed by atoms with Crippen molar-refractivity contribution in [1.82, 2.24) is 14.1 Å². The highest BCUT2D eigenvalue weighted by molar-refractivity contribution is 7.89. The van der Waals surface area contributed by atoms with E-state index in [9.17, 15) is 18.0 Å². The Bertz CT molecular complexity index is 747. The molecule has 0 bridgehead atoms. The largest absolute Gasteiger partial charge is 0.343 e. The molecule has 0 unspecified atom stereocenters. The summed E-state index contributed by atoms with van der Waals surface area (Å²) in [5.41, 5.74) is 0.518. The molecule has 0 aliphatic carbocycles. The summed E-state index contributed by atoms with van der Waals surface area (Å²) in [5.74, 6) is 0.603. The van der Waals surface area contributed by atoms with E-state index in [1.165, 1.54) is 16.4 Å². The van der Waals surface area contributed by atoms with Crippen molar-refractivity contribution in [3.8, 4) is 0 Å². The number of nitrogens with zero attached hydrogens (tertiary/aromatic N) is 3. The van der Waals surface area contributed by atoms with Crippen molar-refractivity contribution >= 4 is 22.3 Å². The summed E-state index contributed by atoms with van der Waals surface area (Å²) in [6.45, 7) is 5.05. The summed E-state index contributed by atoms with van der Waals surface area (Å²) in [5, 5.41) is 0. The number of piperazine rings is 1. The lowest BCUT2D eigenvalue weighted by Gasteiger charge is -2.32. The minimum atomic E-state index is -3.60. The SMILES string of the molecule is CC1CCN(C(=O)c2ccc(S(=O)(=O)N3CCN(C=O)CC3)cc2)CC1. The van der Waals surface area contributed by atoms with Crippen LogP contribution in [0.4, 0.5) is 0 Å². The van der Waals surface area contributed by atoms with Crippen LogP contribution in [0.2, 0.25) is 0 Å². The van der Waals surface area contributed by atoms with Crippen LogP contribution in [0.5, 0.6) is 0 Å². The van der Waals surface area contributed by atoms with Crippen molar-refractivity contribution in [3.63, 3.8) is 0 Å². The second kappa shape index (κ2) is 7.75. The second-order valence-electron chi connectivity index (χ2n) is 7.04. The highest BCUT2D eigenvalue weighted by atomic mass is 32.2. The van der Waals surface area contributed by atoms with Gasteiger partial charge in [0.15, 0.2) is 0 Å². The number of carbonyl (C=O) groups is 2. The molecule has 0 spiro atoms. The Morgan fingerprint density at radius 1 is 1.00 bits per heavy atom. The highest BCUT2D eigenvalue weighted by Gasteiger charge is 2.28. The molecule has 2 saturated heterocycles. The Labute approximate surface area is 154 Å². The van der Waals surface area contributed by atoms with E-state index in [4.69, 9.17) is 0 Å². The normalized spacial score (nSPS) is 20.2. The van der Waals surface area contributed by atoms with Crippen molar-refractivity contribution < 1.29 is 18.0 Å². The molecule has 0 aromatic heterocycles. The van der Waals surface area contributed by atoms with Gasteiger partial charge in [0.25, 0.3) is 5.91 Å². The van der Waals surface area contributed by atoms with Gasteiger partial charge in [-0.1, -0.05) is 6.92 Å². The number of hydrogen-bond acceptors (Lipinski definition) is 4. The van der Waals surface area contributed by atoms with Crippen LogP contribution < -0.4 is 0 Å². The fourth-order valence-electron chi connectivity index (χ4n) is 3.36. The van der Waals surface area contributed by atoms with E-state index < -0.39 is 10.0 Å².